The van der Waals surface area contributed by atoms with Crippen LogP contribution in [0.2, 0.25) is 10.0 Å². The monoisotopic (exact) mass is 214 g/mol. The second kappa shape index (κ2) is 4.13. The summed E-state index contributed by atoms with van der Waals surface area (Å²) in [6, 6.07) is 4.67. The molecule has 0 atom stereocenters. The number of rotatable bonds is 1. The molecule has 66 valence electrons. The minimum atomic E-state index is -0.599. The summed E-state index contributed by atoms with van der Waals surface area (Å²) in [4.78, 5) is 11.2. The molecule has 0 aliphatic rings. The number of carbonyl (C=O) groups excluding carboxylic acids is 1. The lowest BCUT2D eigenvalue weighted by atomic mass is 10.2. The molecule has 5 heteroatoms. The summed E-state index contributed by atoms with van der Waals surface area (Å²) in [5.74, 6) is -0.599. The fourth-order valence-electron chi connectivity index (χ4n) is 0.828. The molecule has 3 nitrogen and oxygen atoms in total. The van der Waals surface area contributed by atoms with Gasteiger partial charge in [0.2, 0.25) is 0 Å². The second-order valence-corrected chi connectivity index (χ2v) is 2.98. The zero-order valence-electron chi connectivity index (χ0n) is 6.34. The summed E-state index contributed by atoms with van der Waals surface area (Å²) in [7, 11) is 0. The molecular formula is C8H4Cl2N2O. The minimum Gasteiger partial charge on any atom is -0.268 e. The maximum absolute atomic E-state index is 11.2. The average Bonchev–Trinajstić information content (AvgIpc) is 2.04. The number of hydrogen-bond acceptors (Lipinski definition) is 2. The highest BCUT2D eigenvalue weighted by molar-refractivity contribution is 6.39. The number of amides is 1. The van der Waals surface area contributed by atoms with Crippen molar-refractivity contribution in [2.75, 3.05) is 0 Å². The topological polar surface area (TPSA) is 52.9 Å². The van der Waals surface area contributed by atoms with E-state index in [2.05, 4.69) is 0 Å². The Morgan fingerprint density at radius 1 is 1.38 bits per heavy atom. The van der Waals surface area contributed by atoms with E-state index in [0.717, 1.165) is 0 Å². The van der Waals surface area contributed by atoms with Crippen LogP contribution in [0.15, 0.2) is 18.2 Å². The summed E-state index contributed by atoms with van der Waals surface area (Å²) < 4.78 is 0. The maximum atomic E-state index is 11.2. The Hall–Kier alpha value is -1.24. The van der Waals surface area contributed by atoms with Crippen LogP contribution in [0.1, 0.15) is 10.4 Å². The predicted molar refractivity (Wildman–Crippen MR) is 49.5 cm³/mol. The lowest BCUT2D eigenvalue weighted by Crippen LogP contribution is -2.18. The molecule has 0 aromatic heterocycles. The zero-order valence-corrected chi connectivity index (χ0v) is 7.86. The number of hydrogen-bond donors (Lipinski definition) is 1. The maximum Gasteiger partial charge on any atom is 0.267 e. The fraction of sp³-hybridized carbons (Fsp3) is 0. The predicted octanol–water partition coefficient (Wildman–Crippen LogP) is 2.20. The summed E-state index contributed by atoms with van der Waals surface area (Å²) in [5, 5.41) is 10.6. The Morgan fingerprint density at radius 3 is 2.38 bits per heavy atom. The van der Waals surface area contributed by atoms with Gasteiger partial charge >= 0.3 is 0 Å². The molecule has 1 N–H and O–H groups in total. The van der Waals surface area contributed by atoms with Gasteiger partial charge in [-0.1, -0.05) is 29.3 Å². The first-order valence-electron chi connectivity index (χ1n) is 3.30. The van der Waals surface area contributed by atoms with Gasteiger partial charge in [0.15, 0.2) is 6.19 Å². The highest BCUT2D eigenvalue weighted by Gasteiger charge is 2.13. The Morgan fingerprint density at radius 2 is 1.92 bits per heavy atom. The van der Waals surface area contributed by atoms with Crippen molar-refractivity contribution in [1.82, 2.24) is 5.32 Å². The highest BCUT2D eigenvalue weighted by atomic mass is 35.5. The molecule has 0 saturated heterocycles. The first-order chi connectivity index (χ1) is 6.16. The number of halogens is 2. The van der Waals surface area contributed by atoms with Crippen molar-refractivity contribution in [3.8, 4) is 6.19 Å². The number of nitrogens with one attached hydrogen (secondary N) is 1. The molecule has 1 aromatic carbocycles. The van der Waals surface area contributed by atoms with Gasteiger partial charge in [0.05, 0.1) is 15.6 Å². The van der Waals surface area contributed by atoms with Crippen molar-refractivity contribution in [3.05, 3.63) is 33.8 Å². The molecule has 0 bridgehead atoms. The Balaban J connectivity index is 3.14. The van der Waals surface area contributed by atoms with E-state index in [9.17, 15) is 4.79 Å². The van der Waals surface area contributed by atoms with Crippen LogP contribution in [0.4, 0.5) is 0 Å². The summed E-state index contributed by atoms with van der Waals surface area (Å²) >= 11 is 11.4. The van der Waals surface area contributed by atoms with Crippen LogP contribution in [-0.2, 0) is 0 Å². The van der Waals surface area contributed by atoms with Crippen LogP contribution in [0, 0.1) is 11.5 Å². The fourth-order valence-corrected chi connectivity index (χ4v) is 1.40. The Labute approximate surface area is 84.9 Å². The molecule has 0 aliphatic carbocycles. The molecule has 13 heavy (non-hydrogen) atoms. The molecule has 0 spiro atoms. The average molecular weight is 215 g/mol. The van der Waals surface area contributed by atoms with Gasteiger partial charge in [0.1, 0.15) is 0 Å². The molecule has 0 radical (unpaired) electrons. The molecular weight excluding hydrogens is 211 g/mol. The van der Waals surface area contributed by atoms with Crippen LogP contribution < -0.4 is 5.32 Å². The van der Waals surface area contributed by atoms with E-state index >= 15 is 0 Å². The molecule has 1 rings (SSSR count). The van der Waals surface area contributed by atoms with Crippen LogP contribution in [0.5, 0.6) is 0 Å². The SMILES string of the molecule is N#CNC(=O)c1c(Cl)cccc1Cl. The highest BCUT2D eigenvalue weighted by Crippen LogP contribution is 2.23. The minimum absolute atomic E-state index is 0.118. The van der Waals surface area contributed by atoms with Crippen LogP contribution in [0.3, 0.4) is 0 Å². The lowest BCUT2D eigenvalue weighted by Gasteiger charge is -2.02. The molecule has 0 unspecified atom stereocenters. The first-order valence-corrected chi connectivity index (χ1v) is 4.06. The third kappa shape index (κ3) is 2.11. The summed E-state index contributed by atoms with van der Waals surface area (Å²) in [6.45, 7) is 0. The molecule has 0 saturated carbocycles. The second-order valence-electron chi connectivity index (χ2n) is 2.16. The smallest absolute Gasteiger partial charge is 0.267 e. The van der Waals surface area contributed by atoms with Gasteiger partial charge in [-0.3, -0.25) is 10.1 Å². The normalized spacial score (nSPS) is 9.00. The van der Waals surface area contributed by atoms with Crippen LogP contribution in [-0.4, -0.2) is 5.91 Å². The third-order valence-electron chi connectivity index (χ3n) is 1.36. The summed E-state index contributed by atoms with van der Waals surface area (Å²) in [5.41, 5.74) is 0.118. The van der Waals surface area contributed by atoms with Gasteiger partial charge in [-0.25, -0.2) is 0 Å². The molecule has 0 fully saturated rings. The Kier molecular flexibility index (Phi) is 3.13. The molecule has 0 heterocycles. The number of nitriles is 1. The standard InChI is InChI=1S/C8H4Cl2N2O/c9-5-2-1-3-6(10)7(5)8(13)12-4-11/h1-3H,(H,12,13). The van der Waals surface area contributed by atoms with Gasteiger partial charge in [-0.05, 0) is 12.1 Å². The van der Waals surface area contributed by atoms with E-state index in [-0.39, 0.29) is 15.6 Å². The van der Waals surface area contributed by atoms with Crippen molar-refractivity contribution in [1.29, 1.82) is 5.26 Å². The molecule has 1 amide bonds. The van der Waals surface area contributed by atoms with E-state index in [1.165, 1.54) is 18.3 Å². The molecule has 0 aliphatic heterocycles. The zero-order chi connectivity index (χ0) is 9.84. The summed E-state index contributed by atoms with van der Waals surface area (Å²) in [6.07, 6.45) is 1.50. The molecule has 1 aromatic rings. The largest absolute Gasteiger partial charge is 0.268 e. The van der Waals surface area contributed by atoms with Crippen molar-refractivity contribution in [3.63, 3.8) is 0 Å². The van der Waals surface area contributed by atoms with E-state index in [1.807, 2.05) is 5.32 Å². The van der Waals surface area contributed by atoms with E-state index in [1.54, 1.807) is 6.07 Å². The first kappa shape index (κ1) is 9.85. The van der Waals surface area contributed by atoms with Gasteiger partial charge in [-0.2, -0.15) is 5.26 Å². The van der Waals surface area contributed by atoms with Crippen LogP contribution in [0.25, 0.3) is 0 Å². The number of nitrogens with zero attached hydrogens (tertiary/aromatic N) is 1. The van der Waals surface area contributed by atoms with Crippen molar-refractivity contribution < 1.29 is 4.79 Å². The van der Waals surface area contributed by atoms with Crippen molar-refractivity contribution >= 4 is 29.1 Å². The van der Waals surface area contributed by atoms with E-state index < -0.39 is 5.91 Å². The third-order valence-corrected chi connectivity index (χ3v) is 1.99. The number of benzene rings is 1. The van der Waals surface area contributed by atoms with Gasteiger partial charge in [-0.15, -0.1) is 0 Å². The van der Waals surface area contributed by atoms with E-state index in [0.29, 0.717) is 0 Å². The lowest BCUT2D eigenvalue weighted by molar-refractivity contribution is 0.0973. The van der Waals surface area contributed by atoms with Gasteiger partial charge in [0.25, 0.3) is 5.91 Å². The van der Waals surface area contributed by atoms with Crippen molar-refractivity contribution in [2.45, 2.75) is 0 Å². The number of carbonyl (C=O) groups is 1. The van der Waals surface area contributed by atoms with Crippen LogP contribution >= 0.6 is 23.2 Å². The van der Waals surface area contributed by atoms with Gasteiger partial charge in [0, 0.05) is 0 Å². The van der Waals surface area contributed by atoms with E-state index in [4.69, 9.17) is 28.5 Å². The quantitative estimate of drug-likeness (QED) is 0.576. The van der Waals surface area contributed by atoms with Gasteiger partial charge < -0.3 is 0 Å². The van der Waals surface area contributed by atoms with Crippen molar-refractivity contribution in [2.24, 2.45) is 0 Å². The Bertz CT molecular complexity index is 364.